The molecule has 0 spiro atoms. The van der Waals surface area contributed by atoms with Gasteiger partial charge in [0.05, 0.1) is 17.6 Å². The van der Waals surface area contributed by atoms with Crippen molar-refractivity contribution in [1.29, 1.82) is 0 Å². The van der Waals surface area contributed by atoms with Gasteiger partial charge < -0.3 is 9.51 Å². The number of hydrogen-bond acceptors (Lipinski definition) is 2. The number of aliphatic carboxylic acids is 1. The van der Waals surface area contributed by atoms with Gasteiger partial charge >= 0.3 is 5.97 Å². The molecule has 90 valence electrons. The Labute approximate surface area is 99.9 Å². The molecule has 0 saturated heterocycles. The third kappa shape index (κ3) is 2.16. The monoisotopic (exact) mass is 232 g/mol. The van der Waals surface area contributed by atoms with Gasteiger partial charge in [-0.2, -0.15) is 0 Å². The summed E-state index contributed by atoms with van der Waals surface area (Å²) in [6, 6.07) is 3.92. The number of imidazole rings is 1. The highest BCUT2D eigenvalue weighted by molar-refractivity contribution is 5.73. The molecule has 4 heteroatoms. The second-order valence-corrected chi connectivity index (χ2v) is 4.60. The maximum Gasteiger partial charge on any atom is 0.309 e. The summed E-state index contributed by atoms with van der Waals surface area (Å²) in [5.41, 5.74) is 2.67. The number of carboxylic acids is 1. The lowest BCUT2D eigenvalue weighted by molar-refractivity contribution is -0.136. The van der Waals surface area contributed by atoms with Crippen LogP contribution in [0.15, 0.2) is 18.3 Å². The van der Waals surface area contributed by atoms with Crippen LogP contribution >= 0.6 is 0 Å². The van der Waals surface area contributed by atoms with Crippen LogP contribution in [0.3, 0.4) is 0 Å². The molecule has 0 atom stereocenters. The van der Waals surface area contributed by atoms with Crippen LogP contribution in [0, 0.1) is 6.92 Å². The van der Waals surface area contributed by atoms with Crippen molar-refractivity contribution in [2.75, 3.05) is 0 Å². The van der Waals surface area contributed by atoms with Crippen molar-refractivity contribution in [2.24, 2.45) is 0 Å². The van der Waals surface area contributed by atoms with Crippen LogP contribution in [-0.2, 0) is 11.2 Å². The molecule has 0 aliphatic heterocycles. The minimum Gasteiger partial charge on any atom is -0.481 e. The van der Waals surface area contributed by atoms with Crippen LogP contribution in [0.25, 0.3) is 5.52 Å². The molecule has 17 heavy (non-hydrogen) atoms. The van der Waals surface area contributed by atoms with E-state index in [-0.39, 0.29) is 12.3 Å². The topological polar surface area (TPSA) is 54.6 Å². The van der Waals surface area contributed by atoms with Crippen molar-refractivity contribution in [3.63, 3.8) is 0 Å². The summed E-state index contributed by atoms with van der Waals surface area (Å²) in [6.45, 7) is 6.13. The summed E-state index contributed by atoms with van der Waals surface area (Å²) >= 11 is 0. The normalized spacial score (nSPS) is 11.3. The lowest BCUT2D eigenvalue weighted by Gasteiger charge is -2.04. The van der Waals surface area contributed by atoms with Gasteiger partial charge in [-0.3, -0.25) is 4.79 Å². The number of fused-ring (bicyclic) bond motifs is 1. The fraction of sp³-hybridized carbons (Fsp3) is 0.385. The number of rotatable bonds is 3. The summed E-state index contributed by atoms with van der Waals surface area (Å²) < 4.78 is 2.00. The molecule has 1 N–H and O–H groups in total. The van der Waals surface area contributed by atoms with E-state index in [0.29, 0.717) is 5.69 Å². The molecule has 0 fully saturated rings. The first-order chi connectivity index (χ1) is 7.99. The van der Waals surface area contributed by atoms with E-state index in [2.05, 4.69) is 18.8 Å². The highest BCUT2D eigenvalue weighted by Crippen LogP contribution is 2.20. The van der Waals surface area contributed by atoms with E-state index in [0.717, 1.165) is 16.9 Å². The third-order valence-electron chi connectivity index (χ3n) is 2.72. The number of aromatic nitrogens is 2. The van der Waals surface area contributed by atoms with E-state index in [1.54, 1.807) is 0 Å². The highest BCUT2D eigenvalue weighted by atomic mass is 16.4. The molecule has 0 amide bonds. The maximum absolute atomic E-state index is 10.8. The van der Waals surface area contributed by atoms with Crippen LogP contribution in [-0.4, -0.2) is 20.5 Å². The van der Waals surface area contributed by atoms with Gasteiger partial charge in [0.15, 0.2) is 0 Å². The maximum atomic E-state index is 10.8. The third-order valence-corrected chi connectivity index (χ3v) is 2.72. The van der Waals surface area contributed by atoms with E-state index >= 15 is 0 Å². The van der Waals surface area contributed by atoms with Crippen molar-refractivity contribution >= 4 is 11.5 Å². The van der Waals surface area contributed by atoms with Crippen LogP contribution in [0.2, 0.25) is 0 Å². The Hall–Kier alpha value is -1.84. The smallest absolute Gasteiger partial charge is 0.309 e. The number of hydrogen-bond donors (Lipinski definition) is 1. The van der Waals surface area contributed by atoms with Gasteiger partial charge in [-0.05, 0) is 18.6 Å². The van der Waals surface area contributed by atoms with E-state index < -0.39 is 5.97 Å². The molecule has 2 aromatic heterocycles. The van der Waals surface area contributed by atoms with Crippen LogP contribution in [0.1, 0.15) is 36.8 Å². The molecule has 0 aliphatic rings. The molecule has 2 heterocycles. The Morgan fingerprint density at radius 3 is 2.76 bits per heavy atom. The average molecular weight is 232 g/mol. The zero-order valence-electron chi connectivity index (χ0n) is 10.3. The molecule has 0 aliphatic carbocycles. The summed E-state index contributed by atoms with van der Waals surface area (Å²) in [5, 5.41) is 8.88. The molecule has 2 rings (SSSR count). The lowest BCUT2D eigenvalue weighted by atomic mass is 10.2. The fourth-order valence-electron chi connectivity index (χ4n) is 1.96. The first kappa shape index (κ1) is 11.6. The predicted molar refractivity (Wildman–Crippen MR) is 65.4 cm³/mol. The van der Waals surface area contributed by atoms with Gasteiger partial charge in [0, 0.05) is 12.1 Å². The van der Waals surface area contributed by atoms with Crippen molar-refractivity contribution in [3.8, 4) is 0 Å². The van der Waals surface area contributed by atoms with E-state index in [1.165, 1.54) is 0 Å². The van der Waals surface area contributed by atoms with Crippen molar-refractivity contribution in [2.45, 2.75) is 33.1 Å². The van der Waals surface area contributed by atoms with Gasteiger partial charge in [0.25, 0.3) is 0 Å². The SMILES string of the molecule is Cc1ccc2c(CC(=O)O)nc(C(C)C)n2c1. The van der Waals surface area contributed by atoms with E-state index in [9.17, 15) is 4.79 Å². The first-order valence-electron chi connectivity index (χ1n) is 5.68. The summed E-state index contributed by atoms with van der Waals surface area (Å²) in [5.74, 6) is 0.340. The molecule has 0 radical (unpaired) electrons. The summed E-state index contributed by atoms with van der Waals surface area (Å²) in [7, 11) is 0. The average Bonchev–Trinajstić information content (AvgIpc) is 2.55. The van der Waals surface area contributed by atoms with Gasteiger partial charge in [-0.15, -0.1) is 0 Å². The Morgan fingerprint density at radius 1 is 1.47 bits per heavy atom. The fourth-order valence-corrected chi connectivity index (χ4v) is 1.96. The summed E-state index contributed by atoms with van der Waals surface area (Å²) in [4.78, 5) is 15.3. The minimum absolute atomic E-state index is 0.0285. The summed E-state index contributed by atoms with van der Waals surface area (Å²) in [6.07, 6.45) is 1.97. The zero-order chi connectivity index (χ0) is 12.6. The first-order valence-corrected chi connectivity index (χ1v) is 5.68. The minimum atomic E-state index is -0.846. The largest absolute Gasteiger partial charge is 0.481 e. The molecule has 0 aromatic carbocycles. The lowest BCUT2D eigenvalue weighted by Crippen LogP contribution is -2.01. The number of pyridine rings is 1. The standard InChI is InChI=1S/C13H16N2O2/c1-8(2)13-14-10(6-12(16)17)11-5-4-9(3)7-15(11)13/h4-5,7-8H,6H2,1-3H3,(H,16,17). The number of carbonyl (C=O) groups is 1. The molecular formula is C13H16N2O2. The molecule has 0 bridgehead atoms. The Morgan fingerprint density at radius 2 is 2.18 bits per heavy atom. The van der Waals surface area contributed by atoms with Crippen molar-refractivity contribution in [3.05, 3.63) is 35.4 Å². The Kier molecular flexibility index (Phi) is 2.88. The van der Waals surface area contributed by atoms with Crippen LogP contribution in [0.5, 0.6) is 0 Å². The zero-order valence-corrected chi connectivity index (χ0v) is 10.3. The predicted octanol–water partition coefficient (Wildman–Crippen LogP) is 2.39. The quantitative estimate of drug-likeness (QED) is 0.884. The van der Waals surface area contributed by atoms with Crippen molar-refractivity contribution in [1.82, 2.24) is 9.38 Å². The van der Waals surface area contributed by atoms with Gasteiger partial charge in [-0.1, -0.05) is 19.9 Å². The second-order valence-electron chi connectivity index (χ2n) is 4.60. The molecule has 4 nitrogen and oxygen atoms in total. The highest BCUT2D eigenvalue weighted by Gasteiger charge is 2.15. The Balaban J connectivity index is 2.66. The van der Waals surface area contributed by atoms with E-state index in [4.69, 9.17) is 5.11 Å². The van der Waals surface area contributed by atoms with Crippen molar-refractivity contribution < 1.29 is 9.90 Å². The number of nitrogens with zero attached hydrogens (tertiary/aromatic N) is 2. The molecular weight excluding hydrogens is 216 g/mol. The Bertz CT molecular complexity index is 570. The number of aryl methyl sites for hydroxylation is 1. The van der Waals surface area contributed by atoms with Crippen LogP contribution in [0.4, 0.5) is 0 Å². The van der Waals surface area contributed by atoms with Crippen LogP contribution < -0.4 is 0 Å². The number of carboxylic acid groups (broad SMARTS) is 1. The molecule has 0 unspecified atom stereocenters. The molecule has 2 aromatic rings. The van der Waals surface area contributed by atoms with Gasteiger partial charge in [-0.25, -0.2) is 4.98 Å². The van der Waals surface area contributed by atoms with Gasteiger partial charge in [0.1, 0.15) is 5.82 Å². The second kappa shape index (κ2) is 4.20. The molecule has 0 saturated carbocycles. The van der Waals surface area contributed by atoms with Gasteiger partial charge in [0.2, 0.25) is 0 Å². The van der Waals surface area contributed by atoms with E-state index in [1.807, 2.05) is 29.7 Å².